The lowest BCUT2D eigenvalue weighted by atomic mass is 10.1. The number of imidazole rings is 2. The molecule has 4 heterocycles. The average molecular weight is 490 g/mol. The SMILES string of the molecule is O=C(Cc1csc2nc(-c3ccc(Cl)cc3)cn12)Nc1cccc(-c2cn3ccsc3n2)c1. The molecule has 0 spiro atoms. The standard InChI is InChI=1S/C24H16ClN5OS2/c25-17-6-4-15(5-7-17)21-13-30-19(14-33-24(30)28-21)11-22(31)26-18-3-1-2-16(10-18)20-12-29-8-9-32-23(29)27-20/h1-10,12-14H,11H2,(H,26,31). The number of thiazole rings is 2. The van der Waals surface area contributed by atoms with E-state index in [-0.39, 0.29) is 12.3 Å². The number of benzene rings is 2. The molecule has 6 nitrogen and oxygen atoms in total. The van der Waals surface area contributed by atoms with Crippen LogP contribution in [-0.2, 0) is 11.2 Å². The predicted octanol–water partition coefficient (Wildman–Crippen LogP) is 6.27. The number of carbonyl (C=O) groups is 1. The predicted molar refractivity (Wildman–Crippen MR) is 134 cm³/mol. The van der Waals surface area contributed by atoms with Crippen LogP contribution in [0.4, 0.5) is 5.69 Å². The molecule has 6 rings (SSSR count). The van der Waals surface area contributed by atoms with Gasteiger partial charge in [0.2, 0.25) is 5.91 Å². The Morgan fingerprint density at radius 2 is 1.79 bits per heavy atom. The number of rotatable bonds is 5. The summed E-state index contributed by atoms with van der Waals surface area (Å²) in [4.78, 5) is 23.9. The second-order valence-electron chi connectivity index (χ2n) is 7.54. The maximum absolute atomic E-state index is 12.8. The molecular formula is C24H16ClN5OS2. The molecule has 0 atom stereocenters. The molecule has 0 unspecified atom stereocenters. The molecule has 1 amide bonds. The van der Waals surface area contributed by atoms with Crippen molar-refractivity contribution in [2.45, 2.75) is 6.42 Å². The number of aromatic nitrogens is 4. The van der Waals surface area contributed by atoms with Crippen LogP contribution in [0.1, 0.15) is 5.69 Å². The van der Waals surface area contributed by atoms with Gasteiger partial charge in [-0.2, -0.15) is 0 Å². The third-order valence-corrected chi connectivity index (χ3v) is 7.21. The van der Waals surface area contributed by atoms with Gasteiger partial charge in [0.25, 0.3) is 0 Å². The van der Waals surface area contributed by atoms with Crippen LogP contribution >= 0.6 is 34.3 Å². The zero-order valence-electron chi connectivity index (χ0n) is 17.1. The number of anilines is 1. The van der Waals surface area contributed by atoms with Gasteiger partial charge in [-0.1, -0.05) is 35.9 Å². The van der Waals surface area contributed by atoms with Crippen molar-refractivity contribution in [1.29, 1.82) is 0 Å². The number of hydrogen-bond donors (Lipinski definition) is 1. The first-order valence-corrected chi connectivity index (χ1v) is 12.3. The Kier molecular flexibility index (Phi) is 4.98. The normalized spacial score (nSPS) is 11.4. The van der Waals surface area contributed by atoms with Crippen molar-refractivity contribution in [1.82, 2.24) is 18.8 Å². The fourth-order valence-corrected chi connectivity index (χ4v) is 5.41. The molecule has 0 aliphatic heterocycles. The molecule has 0 saturated heterocycles. The Hall–Kier alpha value is -3.46. The van der Waals surface area contributed by atoms with Crippen molar-refractivity contribution >= 4 is 55.8 Å². The van der Waals surface area contributed by atoms with Crippen LogP contribution in [0, 0.1) is 0 Å². The van der Waals surface area contributed by atoms with Crippen molar-refractivity contribution in [2.75, 3.05) is 5.32 Å². The Bertz CT molecular complexity index is 1580. The number of halogens is 1. The third kappa shape index (κ3) is 3.93. The smallest absolute Gasteiger partial charge is 0.230 e. The Labute approximate surface area is 201 Å². The maximum atomic E-state index is 12.8. The Morgan fingerprint density at radius 3 is 2.64 bits per heavy atom. The number of hydrogen-bond acceptors (Lipinski definition) is 5. The van der Waals surface area contributed by atoms with Crippen LogP contribution in [0.25, 0.3) is 32.4 Å². The van der Waals surface area contributed by atoms with Gasteiger partial charge < -0.3 is 5.32 Å². The average Bonchev–Trinajstić information content (AvgIpc) is 3.56. The molecule has 1 N–H and O–H groups in total. The molecule has 0 radical (unpaired) electrons. The second kappa shape index (κ2) is 8.15. The fourth-order valence-electron chi connectivity index (χ4n) is 3.71. The van der Waals surface area contributed by atoms with Crippen LogP contribution in [0.2, 0.25) is 5.02 Å². The molecule has 162 valence electrons. The van der Waals surface area contributed by atoms with Crippen LogP contribution < -0.4 is 5.32 Å². The highest BCUT2D eigenvalue weighted by Gasteiger charge is 2.13. The highest BCUT2D eigenvalue weighted by molar-refractivity contribution is 7.15. The molecule has 4 aromatic heterocycles. The molecule has 0 fully saturated rings. The number of fused-ring (bicyclic) bond motifs is 2. The fraction of sp³-hybridized carbons (Fsp3) is 0.0417. The number of carbonyl (C=O) groups excluding carboxylic acids is 1. The van der Waals surface area contributed by atoms with E-state index >= 15 is 0 Å². The van der Waals surface area contributed by atoms with Gasteiger partial charge in [-0.05, 0) is 24.3 Å². The van der Waals surface area contributed by atoms with Crippen molar-refractivity contribution in [3.05, 3.63) is 88.6 Å². The highest BCUT2D eigenvalue weighted by atomic mass is 35.5. The number of nitrogens with one attached hydrogen (secondary N) is 1. The summed E-state index contributed by atoms with van der Waals surface area (Å²) < 4.78 is 3.97. The summed E-state index contributed by atoms with van der Waals surface area (Å²) in [6.45, 7) is 0. The van der Waals surface area contributed by atoms with Gasteiger partial charge in [-0.25, -0.2) is 9.97 Å². The molecule has 6 aromatic rings. The summed E-state index contributed by atoms with van der Waals surface area (Å²) in [7, 11) is 0. The minimum Gasteiger partial charge on any atom is -0.326 e. The number of nitrogens with zero attached hydrogens (tertiary/aromatic N) is 4. The maximum Gasteiger partial charge on any atom is 0.230 e. The van der Waals surface area contributed by atoms with Crippen LogP contribution in [0.5, 0.6) is 0 Å². The summed E-state index contributed by atoms with van der Waals surface area (Å²) in [6, 6.07) is 15.3. The molecule has 9 heteroatoms. The van der Waals surface area contributed by atoms with Gasteiger partial charge in [0, 0.05) is 56.9 Å². The van der Waals surface area contributed by atoms with Gasteiger partial charge in [-0.15, -0.1) is 22.7 Å². The van der Waals surface area contributed by atoms with E-state index in [1.54, 1.807) is 11.3 Å². The van der Waals surface area contributed by atoms with E-state index in [4.69, 9.17) is 11.6 Å². The van der Waals surface area contributed by atoms with Crippen LogP contribution in [0.15, 0.2) is 77.9 Å². The molecule has 33 heavy (non-hydrogen) atoms. The summed E-state index contributed by atoms with van der Waals surface area (Å²) in [5.41, 5.74) is 5.32. The van der Waals surface area contributed by atoms with E-state index < -0.39 is 0 Å². The van der Waals surface area contributed by atoms with Gasteiger partial charge in [0.15, 0.2) is 9.92 Å². The van der Waals surface area contributed by atoms with Gasteiger partial charge in [-0.3, -0.25) is 13.6 Å². The molecule has 2 aromatic carbocycles. The quantitative estimate of drug-likeness (QED) is 0.310. The van der Waals surface area contributed by atoms with E-state index in [0.29, 0.717) is 5.02 Å². The first-order valence-electron chi connectivity index (χ1n) is 10.2. The largest absolute Gasteiger partial charge is 0.326 e. The topological polar surface area (TPSA) is 63.7 Å². The molecule has 0 aliphatic rings. The van der Waals surface area contributed by atoms with E-state index in [9.17, 15) is 4.79 Å². The summed E-state index contributed by atoms with van der Waals surface area (Å²) in [5.74, 6) is -0.0839. The zero-order chi connectivity index (χ0) is 22.4. The van der Waals surface area contributed by atoms with Crippen LogP contribution in [-0.4, -0.2) is 24.7 Å². The summed E-state index contributed by atoms with van der Waals surface area (Å²) in [5, 5.41) is 7.68. The number of amides is 1. The molecule has 0 aliphatic carbocycles. The first kappa shape index (κ1) is 20.2. The van der Waals surface area contributed by atoms with Crippen molar-refractivity contribution in [2.24, 2.45) is 0 Å². The van der Waals surface area contributed by atoms with Gasteiger partial charge >= 0.3 is 0 Å². The van der Waals surface area contributed by atoms with Crippen molar-refractivity contribution < 1.29 is 4.79 Å². The molecular weight excluding hydrogens is 474 g/mol. The highest BCUT2D eigenvalue weighted by Crippen LogP contribution is 2.26. The van der Waals surface area contributed by atoms with Gasteiger partial charge in [0.05, 0.1) is 17.8 Å². The lowest BCUT2D eigenvalue weighted by molar-refractivity contribution is -0.115. The lowest BCUT2D eigenvalue weighted by Crippen LogP contribution is -2.15. The second-order valence-corrected chi connectivity index (χ2v) is 9.68. The van der Waals surface area contributed by atoms with E-state index in [0.717, 1.165) is 43.8 Å². The zero-order valence-corrected chi connectivity index (χ0v) is 19.5. The van der Waals surface area contributed by atoms with Crippen molar-refractivity contribution in [3.63, 3.8) is 0 Å². The van der Waals surface area contributed by atoms with E-state index in [1.165, 1.54) is 11.3 Å². The summed E-state index contributed by atoms with van der Waals surface area (Å²) >= 11 is 9.10. The van der Waals surface area contributed by atoms with E-state index in [1.807, 2.05) is 86.7 Å². The summed E-state index contributed by atoms with van der Waals surface area (Å²) in [6.07, 6.45) is 6.19. The Balaban J connectivity index is 1.20. The minimum absolute atomic E-state index is 0.0839. The molecule has 0 saturated carbocycles. The lowest BCUT2D eigenvalue weighted by Gasteiger charge is -2.06. The third-order valence-electron chi connectivity index (χ3n) is 5.30. The Morgan fingerprint density at radius 1 is 0.970 bits per heavy atom. The van der Waals surface area contributed by atoms with E-state index in [2.05, 4.69) is 15.3 Å². The van der Waals surface area contributed by atoms with Crippen LogP contribution in [0.3, 0.4) is 0 Å². The van der Waals surface area contributed by atoms with Gasteiger partial charge in [0.1, 0.15) is 0 Å². The molecule has 0 bridgehead atoms. The first-order chi connectivity index (χ1) is 16.1. The van der Waals surface area contributed by atoms with Crippen molar-refractivity contribution in [3.8, 4) is 22.5 Å². The minimum atomic E-state index is -0.0839. The monoisotopic (exact) mass is 489 g/mol.